The summed E-state index contributed by atoms with van der Waals surface area (Å²) in [6, 6.07) is 4.11. The normalized spacial score (nSPS) is 21.4. The molecule has 0 bridgehead atoms. The van der Waals surface area contributed by atoms with Crippen molar-refractivity contribution >= 4 is 0 Å². The van der Waals surface area contributed by atoms with Gasteiger partial charge in [-0.05, 0) is 44.3 Å². The highest BCUT2D eigenvalue weighted by Gasteiger charge is 2.14. The van der Waals surface area contributed by atoms with E-state index in [1.807, 2.05) is 6.07 Å². The molecule has 2 heterocycles. The van der Waals surface area contributed by atoms with E-state index in [4.69, 9.17) is 4.74 Å². The van der Waals surface area contributed by atoms with Crippen molar-refractivity contribution in [3.05, 3.63) is 23.9 Å². The van der Waals surface area contributed by atoms with Crippen LogP contribution in [0.4, 0.5) is 0 Å². The Morgan fingerprint density at radius 1 is 1.50 bits per heavy atom. The maximum absolute atomic E-state index is 5.29. The Bertz CT molecular complexity index is 319. The van der Waals surface area contributed by atoms with Gasteiger partial charge in [-0.3, -0.25) is 0 Å². The van der Waals surface area contributed by atoms with Crippen molar-refractivity contribution < 1.29 is 4.74 Å². The number of ether oxygens (including phenoxy) is 1. The highest BCUT2D eigenvalue weighted by atomic mass is 16.5. The SMILES string of the molecule is COc1ncccc1CC1CCCCNC1. The molecule has 3 heteroatoms. The summed E-state index contributed by atoms with van der Waals surface area (Å²) in [7, 11) is 1.69. The van der Waals surface area contributed by atoms with Crippen LogP contribution in [0.3, 0.4) is 0 Å². The monoisotopic (exact) mass is 220 g/mol. The zero-order valence-electron chi connectivity index (χ0n) is 9.91. The molecule has 1 fully saturated rings. The molecule has 88 valence electrons. The molecular formula is C13H20N2O. The molecular weight excluding hydrogens is 200 g/mol. The first kappa shape index (κ1) is 11.4. The highest BCUT2D eigenvalue weighted by molar-refractivity contribution is 5.25. The maximum atomic E-state index is 5.29. The van der Waals surface area contributed by atoms with Crippen molar-refractivity contribution in [2.45, 2.75) is 25.7 Å². The quantitative estimate of drug-likeness (QED) is 0.846. The minimum absolute atomic E-state index is 0.723. The van der Waals surface area contributed by atoms with Crippen molar-refractivity contribution in [1.82, 2.24) is 10.3 Å². The van der Waals surface area contributed by atoms with Crippen molar-refractivity contribution in [2.24, 2.45) is 5.92 Å². The van der Waals surface area contributed by atoms with Gasteiger partial charge >= 0.3 is 0 Å². The average molecular weight is 220 g/mol. The third-order valence-corrected chi connectivity index (χ3v) is 3.20. The lowest BCUT2D eigenvalue weighted by atomic mass is 9.95. The number of pyridine rings is 1. The van der Waals surface area contributed by atoms with E-state index in [2.05, 4.69) is 16.4 Å². The first-order valence-electron chi connectivity index (χ1n) is 6.08. The number of methoxy groups -OCH3 is 1. The minimum Gasteiger partial charge on any atom is -0.481 e. The Morgan fingerprint density at radius 3 is 3.31 bits per heavy atom. The van der Waals surface area contributed by atoms with Gasteiger partial charge in [-0.2, -0.15) is 0 Å². The van der Waals surface area contributed by atoms with Gasteiger partial charge in [-0.15, -0.1) is 0 Å². The Labute approximate surface area is 97.2 Å². The van der Waals surface area contributed by atoms with Crippen LogP contribution in [-0.4, -0.2) is 25.2 Å². The summed E-state index contributed by atoms with van der Waals surface area (Å²) >= 11 is 0. The van der Waals surface area contributed by atoms with E-state index in [1.54, 1.807) is 13.3 Å². The summed E-state index contributed by atoms with van der Waals surface area (Å²) in [5.74, 6) is 1.51. The molecule has 0 saturated carbocycles. The molecule has 0 amide bonds. The van der Waals surface area contributed by atoms with Crippen molar-refractivity contribution in [2.75, 3.05) is 20.2 Å². The van der Waals surface area contributed by atoms with Gasteiger partial charge in [0.1, 0.15) is 0 Å². The lowest BCUT2D eigenvalue weighted by Gasteiger charge is -2.15. The Hall–Kier alpha value is -1.09. The Balaban J connectivity index is 2.01. The molecule has 0 aliphatic carbocycles. The molecule has 1 aromatic heterocycles. The number of nitrogens with zero attached hydrogens (tertiary/aromatic N) is 1. The van der Waals surface area contributed by atoms with E-state index in [9.17, 15) is 0 Å². The van der Waals surface area contributed by atoms with E-state index in [-0.39, 0.29) is 0 Å². The number of aromatic nitrogens is 1. The van der Waals surface area contributed by atoms with E-state index >= 15 is 0 Å². The van der Waals surface area contributed by atoms with E-state index in [0.29, 0.717) is 0 Å². The van der Waals surface area contributed by atoms with Crippen molar-refractivity contribution in [1.29, 1.82) is 0 Å². The summed E-state index contributed by atoms with van der Waals surface area (Å²) in [6.45, 7) is 2.29. The van der Waals surface area contributed by atoms with Crippen molar-refractivity contribution in [3.8, 4) is 5.88 Å². The molecule has 1 saturated heterocycles. The van der Waals surface area contributed by atoms with Gasteiger partial charge < -0.3 is 10.1 Å². The van der Waals surface area contributed by atoms with Crippen LogP contribution in [0.5, 0.6) is 5.88 Å². The molecule has 0 radical (unpaired) electrons. The second kappa shape index (κ2) is 5.85. The third kappa shape index (κ3) is 2.95. The number of hydrogen-bond donors (Lipinski definition) is 1. The molecule has 1 atom stereocenters. The molecule has 1 N–H and O–H groups in total. The van der Waals surface area contributed by atoms with Gasteiger partial charge in [0.2, 0.25) is 5.88 Å². The molecule has 2 rings (SSSR count). The molecule has 16 heavy (non-hydrogen) atoms. The largest absolute Gasteiger partial charge is 0.481 e. The molecule has 1 aliphatic heterocycles. The lowest BCUT2D eigenvalue weighted by molar-refractivity contribution is 0.384. The zero-order chi connectivity index (χ0) is 11.2. The first-order chi connectivity index (χ1) is 7.90. The van der Waals surface area contributed by atoms with E-state index in [1.165, 1.54) is 31.4 Å². The topological polar surface area (TPSA) is 34.1 Å². The van der Waals surface area contributed by atoms with E-state index < -0.39 is 0 Å². The molecule has 0 aromatic carbocycles. The fraction of sp³-hybridized carbons (Fsp3) is 0.615. The van der Waals surface area contributed by atoms with Crippen LogP contribution in [0.25, 0.3) is 0 Å². The van der Waals surface area contributed by atoms with Gasteiger partial charge in [-0.25, -0.2) is 4.98 Å². The molecule has 1 aliphatic rings. The lowest BCUT2D eigenvalue weighted by Crippen LogP contribution is -2.22. The summed E-state index contributed by atoms with van der Waals surface area (Å²) in [5, 5.41) is 3.49. The van der Waals surface area contributed by atoms with E-state index in [0.717, 1.165) is 24.8 Å². The van der Waals surface area contributed by atoms with Gasteiger partial charge in [0.15, 0.2) is 0 Å². The van der Waals surface area contributed by atoms with Gasteiger partial charge in [0, 0.05) is 11.8 Å². The first-order valence-corrected chi connectivity index (χ1v) is 6.08. The van der Waals surface area contributed by atoms with Gasteiger partial charge in [-0.1, -0.05) is 12.5 Å². The fourth-order valence-corrected chi connectivity index (χ4v) is 2.34. The summed E-state index contributed by atoms with van der Waals surface area (Å²) in [5.41, 5.74) is 1.23. The standard InChI is InChI=1S/C13H20N2O/c1-16-13-12(6-4-8-15-13)9-11-5-2-3-7-14-10-11/h4,6,8,11,14H,2-3,5,7,9-10H2,1H3. The predicted molar refractivity (Wildman–Crippen MR) is 64.7 cm³/mol. The molecule has 1 aromatic rings. The van der Waals surface area contributed by atoms with Crippen LogP contribution >= 0.6 is 0 Å². The second-order valence-corrected chi connectivity index (χ2v) is 4.44. The average Bonchev–Trinajstić information content (AvgIpc) is 2.58. The summed E-state index contributed by atoms with van der Waals surface area (Å²) in [4.78, 5) is 4.24. The number of rotatable bonds is 3. The van der Waals surface area contributed by atoms with Gasteiger partial charge in [0.25, 0.3) is 0 Å². The van der Waals surface area contributed by atoms with Crippen LogP contribution in [0.1, 0.15) is 24.8 Å². The fourth-order valence-electron chi connectivity index (χ4n) is 2.34. The Morgan fingerprint density at radius 2 is 2.44 bits per heavy atom. The maximum Gasteiger partial charge on any atom is 0.216 e. The third-order valence-electron chi connectivity index (χ3n) is 3.20. The summed E-state index contributed by atoms with van der Waals surface area (Å²) < 4.78 is 5.29. The van der Waals surface area contributed by atoms with Crippen LogP contribution in [0.15, 0.2) is 18.3 Å². The van der Waals surface area contributed by atoms with Crippen LogP contribution < -0.4 is 10.1 Å². The molecule has 1 unspecified atom stereocenters. The zero-order valence-corrected chi connectivity index (χ0v) is 9.91. The van der Waals surface area contributed by atoms with Crippen LogP contribution in [0.2, 0.25) is 0 Å². The number of nitrogens with one attached hydrogen (secondary N) is 1. The predicted octanol–water partition coefficient (Wildman–Crippen LogP) is 2.02. The molecule has 3 nitrogen and oxygen atoms in total. The van der Waals surface area contributed by atoms with Crippen molar-refractivity contribution in [3.63, 3.8) is 0 Å². The summed E-state index contributed by atoms with van der Waals surface area (Å²) in [6.07, 6.45) is 6.81. The van der Waals surface area contributed by atoms with Gasteiger partial charge in [0.05, 0.1) is 7.11 Å². The molecule has 0 spiro atoms. The smallest absolute Gasteiger partial charge is 0.216 e. The Kier molecular flexibility index (Phi) is 4.17. The second-order valence-electron chi connectivity index (χ2n) is 4.44. The van der Waals surface area contributed by atoms with Crippen LogP contribution in [0, 0.1) is 5.92 Å². The van der Waals surface area contributed by atoms with Crippen LogP contribution in [-0.2, 0) is 6.42 Å². The number of hydrogen-bond acceptors (Lipinski definition) is 3. The highest BCUT2D eigenvalue weighted by Crippen LogP contribution is 2.21. The minimum atomic E-state index is 0.723.